The van der Waals surface area contributed by atoms with Gasteiger partial charge >= 0.3 is 5.97 Å². The minimum Gasteiger partial charge on any atom is -0.466 e. The van der Waals surface area contributed by atoms with Crippen LogP contribution in [0.1, 0.15) is 32.3 Å². The summed E-state index contributed by atoms with van der Waals surface area (Å²) in [5.41, 5.74) is 1.33. The highest BCUT2D eigenvalue weighted by atomic mass is 16.5. The average Bonchev–Trinajstić information content (AvgIpc) is 2.30. The first-order chi connectivity index (χ1) is 7.74. The fourth-order valence-electron chi connectivity index (χ4n) is 1.66. The molecule has 0 amide bonds. The Morgan fingerprint density at radius 3 is 2.62 bits per heavy atom. The molecular formula is C14H20O2. The number of hydrogen-bond donors (Lipinski definition) is 0. The van der Waals surface area contributed by atoms with E-state index in [1.54, 1.807) is 0 Å². The lowest BCUT2D eigenvalue weighted by Crippen LogP contribution is -2.14. The first kappa shape index (κ1) is 12.8. The number of hydrogen-bond acceptors (Lipinski definition) is 2. The van der Waals surface area contributed by atoms with Gasteiger partial charge in [0, 0.05) is 0 Å². The summed E-state index contributed by atoms with van der Waals surface area (Å²) in [4.78, 5) is 11.4. The second kappa shape index (κ2) is 7.04. The molecule has 0 saturated heterocycles. The molecule has 1 unspecified atom stereocenters. The molecule has 0 radical (unpaired) electrons. The number of benzene rings is 1. The summed E-state index contributed by atoms with van der Waals surface area (Å²) in [7, 11) is 0. The van der Waals surface area contributed by atoms with Crippen molar-refractivity contribution >= 4 is 5.97 Å². The number of aryl methyl sites for hydroxylation is 1. The lowest BCUT2D eigenvalue weighted by atomic mass is 10.0. The minimum absolute atomic E-state index is 0.0173. The summed E-state index contributed by atoms with van der Waals surface area (Å²) in [6, 6.07) is 10.4. The van der Waals surface area contributed by atoms with Crippen LogP contribution in [-0.2, 0) is 16.0 Å². The van der Waals surface area contributed by atoms with Crippen LogP contribution in [0.3, 0.4) is 0 Å². The van der Waals surface area contributed by atoms with Crippen molar-refractivity contribution in [3.63, 3.8) is 0 Å². The first-order valence-electron chi connectivity index (χ1n) is 5.94. The molecule has 0 N–H and O–H groups in total. The summed E-state index contributed by atoms with van der Waals surface area (Å²) in [5.74, 6) is -0.0563. The molecule has 0 aliphatic heterocycles. The van der Waals surface area contributed by atoms with E-state index in [2.05, 4.69) is 12.1 Å². The van der Waals surface area contributed by atoms with Crippen LogP contribution < -0.4 is 0 Å². The third kappa shape index (κ3) is 4.47. The van der Waals surface area contributed by atoms with Crippen molar-refractivity contribution in [3.8, 4) is 0 Å². The SMILES string of the molecule is CCOC(=O)C(C)CCCc1ccccc1. The Hall–Kier alpha value is -1.31. The third-order valence-electron chi connectivity index (χ3n) is 2.63. The zero-order valence-corrected chi connectivity index (χ0v) is 10.1. The van der Waals surface area contributed by atoms with E-state index in [9.17, 15) is 4.79 Å². The summed E-state index contributed by atoms with van der Waals surface area (Å²) >= 11 is 0. The van der Waals surface area contributed by atoms with Crippen LogP contribution >= 0.6 is 0 Å². The highest BCUT2D eigenvalue weighted by Crippen LogP contribution is 2.11. The molecule has 0 fully saturated rings. The number of ether oxygens (including phenoxy) is 1. The van der Waals surface area contributed by atoms with Crippen LogP contribution in [-0.4, -0.2) is 12.6 Å². The van der Waals surface area contributed by atoms with Crippen LogP contribution in [0.5, 0.6) is 0 Å². The zero-order valence-electron chi connectivity index (χ0n) is 10.1. The van der Waals surface area contributed by atoms with Crippen LogP contribution in [0.2, 0.25) is 0 Å². The Morgan fingerprint density at radius 1 is 1.31 bits per heavy atom. The van der Waals surface area contributed by atoms with Crippen molar-refractivity contribution < 1.29 is 9.53 Å². The molecule has 2 heteroatoms. The van der Waals surface area contributed by atoms with E-state index < -0.39 is 0 Å². The largest absolute Gasteiger partial charge is 0.466 e. The van der Waals surface area contributed by atoms with Crippen molar-refractivity contribution in [1.29, 1.82) is 0 Å². The van der Waals surface area contributed by atoms with Crippen LogP contribution in [0.25, 0.3) is 0 Å². The molecule has 0 bridgehead atoms. The molecule has 1 rings (SSSR count). The van der Waals surface area contributed by atoms with Gasteiger partial charge < -0.3 is 4.74 Å². The van der Waals surface area contributed by atoms with Crippen molar-refractivity contribution in [2.45, 2.75) is 33.1 Å². The number of rotatable bonds is 6. The van der Waals surface area contributed by atoms with Gasteiger partial charge in [0.05, 0.1) is 12.5 Å². The van der Waals surface area contributed by atoms with Crippen molar-refractivity contribution in [2.75, 3.05) is 6.61 Å². The van der Waals surface area contributed by atoms with E-state index in [1.807, 2.05) is 32.0 Å². The molecular weight excluding hydrogens is 200 g/mol. The van der Waals surface area contributed by atoms with Gasteiger partial charge in [-0.05, 0) is 31.7 Å². The van der Waals surface area contributed by atoms with Crippen molar-refractivity contribution in [3.05, 3.63) is 35.9 Å². The van der Waals surface area contributed by atoms with Gasteiger partial charge in [0.2, 0.25) is 0 Å². The maximum Gasteiger partial charge on any atom is 0.308 e. The standard InChI is InChI=1S/C14H20O2/c1-3-16-14(15)12(2)8-7-11-13-9-5-4-6-10-13/h4-6,9-10,12H,3,7-8,11H2,1-2H3. The fourth-order valence-corrected chi connectivity index (χ4v) is 1.66. The van der Waals surface area contributed by atoms with E-state index in [1.165, 1.54) is 5.56 Å². The molecule has 0 saturated carbocycles. The summed E-state index contributed by atoms with van der Waals surface area (Å²) in [5, 5.41) is 0. The Balaban J connectivity index is 2.23. The molecule has 0 spiro atoms. The van der Waals surface area contributed by atoms with Crippen LogP contribution in [0, 0.1) is 5.92 Å². The van der Waals surface area contributed by atoms with Gasteiger partial charge in [-0.3, -0.25) is 4.79 Å². The second-order valence-corrected chi connectivity index (χ2v) is 4.03. The molecule has 1 atom stereocenters. The molecule has 0 aliphatic carbocycles. The van der Waals surface area contributed by atoms with Gasteiger partial charge in [-0.25, -0.2) is 0 Å². The predicted molar refractivity (Wildman–Crippen MR) is 65.2 cm³/mol. The number of carbonyl (C=O) groups excluding carboxylic acids is 1. The Morgan fingerprint density at radius 2 is 2.00 bits per heavy atom. The van der Waals surface area contributed by atoms with Crippen molar-refractivity contribution in [1.82, 2.24) is 0 Å². The highest BCUT2D eigenvalue weighted by molar-refractivity contribution is 5.71. The van der Waals surface area contributed by atoms with Gasteiger partial charge in [0.25, 0.3) is 0 Å². The van der Waals surface area contributed by atoms with Gasteiger partial charge in [0.15, 0.2) is 0 Å². The van der Waals surface area contributed by atoms with E-state index in [0.29, 0.717) is 6.61 Å². The van der Waals surface area contributed by atoms with Crippen LogP contribution in [0.15, 0.2) is 30.3 Å². The van der Waals surface area contributed by atoms with Crippen LogP contribution in [0.4, 0.5) is 0 Å². The molecule has 88 valence electrons. The van der Waals surface area contributed by atoms with E-state index >= 15 is 0 Å². The zero-order chi connectivity index (χ0) is 11.8. The summed E-state index contributed by atoms with van der Waals surface area (Å²) in [6.45, 7) is 4.25. The molecule has 0 heterocycles. The normalized spacial score (nSPS) is 12.1. The Labute approximate surface area is 97.6 Å². The lowest BCUT2D eigenvalue weighted by molar-refractivity contribution is -0.147. The lowest BCUT2D eigenvalue weighted by Gasteiger charge is -2.09. The molecule has 0 aliphatic rings. The topological polar surface area (TPSA) is 26.3 Å². The molecule has 16 heavy (non-hydrogen) atoms. The second-order valence-electron chi connectivity index (χ2n) is 4.03. The summed E-state index contributed by atoms with van der Waals surface area (Å²) in [6.07, 6.45) is 2.96. The maximum absolute atomic E-state index is 11.4. The molecule has 0 aromatic heterocycles. The smallest absolute Gasteiger partial charge is 0.308 e. The van der Waals surface area contributed by atoms with E-state index in [-0.39, 0.29) is 11.9 Å². The van der Waals surface area contributed by atoms with Gasteiger partial charge in [-0.15, -0.1) is 0 Å². The van der Waals surface area contributed by atoms with Gasteiger partial charge in [-0.2, -0.15) is 0 Å². The first-order valence-corrected chi connectivity index (χ1v) is 5.94. The highest BCUT2D eigenvalue weighted by Gasteiger charge is 2.12. The predicted octanol–water partition coefficient (Wildman–Crippen LogP) is 3.21. The third-order valence-corrected chi connectivity index (χ3v) is 2.63. The Bertz CT molecular complexity index is 306. The molecule has 2 nitrogen and oxygen atoms in total. The monoisotopic (exact) mass is 220 g/mol. The van der Waals surface area contributed by atoms with E-state index in [4.69, 9.17) is 4.74 Å². The van der Waals surface area contributed by atoms with Crippen molar-refractivity contribution in [2.24, 2.45) is 5.92 Å². The van der Waals surface area contributed by atoms with Gasteiger partial charge in [-0.1, -0.05) is 37.3 Å². The maximum atomic E-state index is 11.4. The number of esters is 1. The average molecular weight is 220 g/mol. The Kier molecular flexibility index (Phi) is 5.62. The van der Waals surface area contributed by atoms with E-state index in [0.717, 1.165) is 19.3 Å². The minimum atomic E-state index is -0.0736. The molecule has 1 aromatic carbocycles. The van der Waals surface area contributed by atoms with Gasteiger partial charge in [0.1, 0.15) is 0 Å². The fraction of sp³-hybridized carbons (Fsp3) is 0.500. The summed E-state index contributed by atoms with van der Waals surface area (Å²) < 4.78 is 4.97. The molecule has 1 aromatic rings. The number of carbonyl (C=O) groups is 1. The quantitative estimate of drug-likeness (QED) is 0.688.